The van der Waals surface area contributed by atoms with Crippen LogP contribution in [0.3, 0.4) is 0 Å². The van der Waals surface area contributed by atoms with Crippen LogP contribution in [-0.4, -0.2) is 60.7 Å². The number of carbonyl (C=O) groups excluding carboxylic acids is 1. The lowest BCUT2D eigenvalue weighted by Gasteiger charge is -2.22. The fourth-order valence-electron chi connectivity index (χ4n) is 5.11. The molecule has 4 aromatic rings. The first-order valence-corrected chi connectivity index (χ1v) is 14.5. The molecule has 2 aromatic carbocycles. The lowest BCUT2D eigenvalue weighted by atomic mass is 10.1. The molecule has 4 heterocycles. The van der Waals surface area contributed by atoms with E-state index in [2.05, 4.69) is 26.3 Å². The maximum atomic E-state index is 13.4. The van der Waals surface area contributed by atoms with Crippen LogP contribution in [0.25, 0.3) is 22.4 Å². The van der Waals surface area contributed by atoms with Gasteiger partial charge >= 0.3 is 0 Å². The van der Waals surface area contributed by atoms with Crippen LogP contribution in [-0.2, 0) is 16.4 Å². The fraction of sp³-hybridized carbons (Fsp3) is 0.321. The summed E-state index contributed by atoms with van der Waals surface area (Å²) in [5, 5.41) is 2.94. The molecule has 0 saturated carbocycles. The average molecular weight is 531 g/mol. The normalized spacial score (nSPS) is 16.3. The molecular weight excluding hydrogens is 500 g/mol. The second-order valence-electron chi connectivity index (χ2n) is 10.1. The summed E-state index contributed by atoms with van der Waals surface area (Å²) in [7, 11) is -3.36. The van der Waals surface area contributed by atoms with Crippen LogP contribution in [0.15, 0.2) is 59.8 Å². The number of aromatic nitrogens is 3. The van der Waals surface area contributed by atoms with E-state index in [1.807, 2.05) is 12.1 Å². The average Bonchev–Trinajstić information content (AvgIpc) is 3.35. The molecule has 0 bridgehead atoms. The molecule has 2 N–H and O–H groups in total. The minimum absolute atomic E-state index is 0.0552. The van der Waals surface area contributed by atoms with Crippen LogP contribution in [0, 0.1) is 0 Å². The minimum Gasteiger partial charge on any atom is -0.370 e. The molecule has 2 aliphatic rings. The van der Waals surface area contributed by atoms with E-state index in [0.29, 0.717) is 34.7 Å². The highest BCUT2D eigenvalue weighted by molar-refractivity contribution is 7.92. The van der Waals surface area contributed by atoms with E-state index >= 15 is 0 Å². The Balaban J connectivity index is 1.30. The molecule has 1 fully saturated rings. The molecule has 38 heavy (non-hydrogen) atoms. The van der Waals surface area contributed by atoms with E-state index in [-0.39, 0.29) is 10.8 Å². The lowest BCUT2D eigenvalue weighted by molar-refractivity contribution is 0.0997. The highest BCUT2D eigenvalue weighted by Crippen LogP contribution is 2.35. The number of nitrogens with one attached hydrogen (secondary N) is 2. The molecule has 0 spiro atoms. The molecule has 2 aromatic heterocycles. The van der Waals surface area contributed by atoms with Crippen molar-refractivity contribution in [2.24, 2.45) is 0 Å². The number of carbonyl (C=O) groups is 1. The summed E-state index contributed by atoms with van der Waals surface area (Å²) in [5.41, 5.74) is 6.08. The number of benzene rings is 2. The summed E-state index contributed by atoms with van der Waals surface area (Å²) >= 11 is 0. The Morgan fingerprint density at radius 3 is 2.63 bits per heavy atom. The number of aromatic amines is 1. The zero-order chi connectivity index (χ0) is 26.4. The summed E-state index contributed by atoms with van der Waals surface area (Å²) < 4.78 is 25.0. The van der Waals surface area contributed by atoms with Crippen molar-refractivity contribution in [3.05, 3.63) is 66.0 Å². The number of amides is 1. The number of hydrogen-bond donors (Lipinski definition) is 2. The van der Waals surface area contributed by atoms with Gasteiger partial charge in [-0.1, -0.05) is 12.1 Å². The van der Waals surface area contributed by atoms with Crippen LogP contribution in [0.1, 0.15) is 36.2 Å². The smallest absolute Gasteiger partial charge is 0.259 e. The van der Waals surface area contributed by atoms with Crippen LogP contribution in [0.5, 0.6) is 0 Å². The zero-order valence-corrected chi connectivity index (χ0v) is 22.3. The SMILES string of the molecule is CC(C)S(=O)(=O)c1ccc(-c2cnc3[nH]cc(N4Cc5cc(N6CCCNCC6)ccc5C4=O)c3n2)cc1. The van der Waals surface area contributed by atoms with Crippen molar-refractivity contribution in [1.82, 2.24) is 20.3 Å². The number of nitrogens with zero attached hydrogens (tertiary/aromatic N) is 4. The third-order valence-electron chi connectivity index (χ3n) is 7.35. The highest BCUT2D eigenvalue weighted by atomic mass is 32.2. The number of fused-ring (bicyclic) bond motifs is 2. The van der Waals surface area contributed by atoms with E-state index in [1.165, 1.54) is 0 Å². The van der Waals surface area contributed by atoms with Crippen molar-refractivity contribution in [2.45, 2.75) is 37.0 Å². The first kappa shape index (κ1) is 24.6. The van der Waals surface area contributed by atoms with Gasteiger partial charge in [0.05, 0.1) is 34.3 Å². The van der Waals surface area contributed by atoms with Crippen molar-refractivity contribution in [3.8, 4) is 11.3 Å². The fourth-order valence-corrected chi connectivity index (χ4v) is 6.17. The Hall–Kier alpha value is -3.76. The summed E-state index contributed by atoms with van der Waals surface area (Å²) in [6.07, 6.45) is 4.52. The second kappa shape index (κ2) is 9.52. The standard InChI is InChI=1S/C28H30N6O3S/c1-18(2)38(36,37)22-7-4-19(5-8-22)24-15-30-27-26(32-24)25(16-31-27)34-17-20-14-21(6-9-23(20)28(34)35)33-12-3-10-29-11-13-33/h4-9,14-16,18,29H,3,10-13,17H2,1-2H3,(H,30,31). The van der Waals surface area contributed by atoms with Gasteiger partial charge in [0.25, 0.3) is 5.91 Å². The summed E-state index contributed by atoms with van der Waals surface area (Å²) in [4.78, 5) is 30.3. The largest absolute Gasteiger partial charge is 0.370 e. The molecule has 6 rings (SSSR count). The molecule has 0 atom stereocenters. The molecule has 0 radical (unpaired) electrons. The predicted octanol–water partition coefficient (Wildman–Crippen LogP) is 3.77. The molecule has 10 heteroatoms. The van der Waals surface area contributed by atoms with Crippen LogP contribution < -0.4 is 15.1 Å². The van der Waals surface area contributed by atoms with E-state index < -0.39 is 15.1 Å². The van der Waals surface area contributed by atoms with E-state index in [4.69, 9.17) is 4.98 Å². The number of anilines is 2. The molecule has 0 aliphatic carbocycles. The van der Waals surface area contributed by atoms with Gasteiger partial charge < -0.3 is 20.1 Å². The predicted molar refractivity (Wildman–Crippen MR) is 148 cm³/mol. The highest BCUT2D eigenvalue weighted by Gasteiger charge is 2.31. The van der Waals surface area contributed by atoms with Crippen molar-refractivity contribution in [3.63, 3.8) is 0 Å². The molecule has 2 aliphatic heterocycles. The van der Waals surface area contributed by atoms with Gasteiger partial charge in [0.1, 0.15) is 5.52 Å². The topological polar surface area (TPSA) is 111 Å². The number of hydrogen-bond acceptors (Lipinski definition) is 7. The van der Waals surface area contributed by atoms with E-state index in [9.17, 15) is 13.2 Å². The van der Waals surface area contributed by atoms with Gasteiger partial charge in [0, 0.05) is 42.6 Å². The minimum atomic E-state index is -3.36. The Bertz CT molecular complexity index is 1620. The Labute approximate surface area is 221 Å². The first-order valence-electron chi connectivity index (χ1n) is 12.9. The molecular formula is C28H30N6O3S. The van der Waals surface area contributed by atoms with Gasteiger partial charge in [-0.15, -0.1) is 0 Å². The first-order chi connectivity index (χ1) is 18.3. The maximum absolute atomic E-state index is 13.4. The summed E-state index contributed by atoms with van der Waals surface area (Å²) in [6.45, 7) is 7.72. The molecule has 1 saturated heterocycles. The third-order valence-corrected chi connectivity index (χ3v) is 9.52. The van der Waals surface area contributed by atoms with Crippen LogP contribution in [0.4, 0.5) is 11.4 Å². The number of sulfone groups is 1. The van der Waals surface area contributed by atoms with Crippen LogP contribution >= 0.6 is 0 Å². The molecule has 0 unspecified atom stereocenters. The number of rotatable bonds is 5. The van der Waals surface area contributed by atoms with Gasteiger partial charge in [-0.2, -0.15) is 0 Å². The van der Waals surface area contributed by atoms with E-state index in [1.54, 1.807) is 55.4 Å². The Kier molecular flexibility index (Phi) is 6.16. The number of H-pyrrole nitrogens is 1. The molecule has 9 nitrogen and oxygen atoms in total. The van der Waals surface area contributed by atoms with Crippen LogP contribution in [0.2, 0.25) is 0 Å². The Morgan fingerprint density at radius 2 is 1.84 bits per heavy atom. The van der Waals surface area contributed by atoms with Gasteiger partial charge in [0.15, 0.2) is 15.5 Å². The van der Waals surface area contributed by atoms with Crippen molar-refractivity contribution in [2.75, 3.05) is 36.0 Å². The maximum Gasteiger partial charge on any atom is 0.259 e. The Morgan fingerprint density at radius 1 is 1.03 bits per heavy atom. The summed E-state index contributed by atoms with van der Waals surface area (Å²) in [6, 6.07) is 12.8. The lowest BCUT2D eigenvalue weighted by Crippen LogP contribution is -2.27. The van der Waals surface area contributed by atoms with E-state index in [0.717, 1.165) is 49.4 Å². The van der Waals surface area contributed by atoms with Gasteiger partial charge in [-0.25, -0.2) is 18.4 Å². The van der Waals surface area contributed by atoms with Crippen molar-refractivity contribution < 1.29 is 13.2 Å². The molecule has 196 valence electrons. The third kappa shape index (κ3) is 4.23. The monoisotopic (exact) mass is 530 g/mol. The van der Waals surface area contributed by atoms with Crippen molar-refractivity contribution in [1.29, 1.82) is 0 Å². The van der Waals surface area contributed by atoms with Gasteiger partial charge in [-0.05, 0) is 62.7 Å². The zero-order valence-electron chi connectivity index (χ0n) is 21.4. The van der Waals surface area contributed by atoms with Gasteiger partial charge in [-0.3, -0.25) is 4.79 Å². The summed E-state index contributed by atoms with van der Waals surface area (Å²) in [5.74, 6) is -0.0552. The van der Waals surface area contributed by atoms with Crippen molar-refractivity contribution >= 4 is 38.3 Å². The molecule has 1 amide bonds. The quantitative estimate of drug-likeness (QED) is 0.404. The van der Waals surface area contributed by atoms with Gasteiger partial charge in [0.2, 0.25) is 0 Å². The second-order valence-corrected chi connectivity index (χ2v) is 12.6.